The van der Waals surface area contributed by atoms with Crippen LogP contribution in [0.25, 0.3) is 0 Å². The minimum atomic E-state index is -0.557. The summed E-state index contributed by atoms with van der Waals surface area (Å²) in [4.78, 5) is 25.4. The molecule has 1 N–H and O–H groups in total. The van der Waals surface area contributed by atoms with E-state index in [1.54, 1.807) is 6.07 Å². The summed E-state index contributed by atoms with van der Waals surface area (Å²) < 4.78 is 0.832. The molecule has 0 aromatic heterocycles. The van der Waals surface area contributed by atoms with Gasteiger partial charge in [0, 0.05) is 17.6 Å². The van der Waals surface area contributed by atoms with Crippen molar-refractivity contribution in [1.82, 2.24) is 0 Å². The van der Waals surface area contributed by atoms with E-state index in [0.717, 1.165) is 23.2 Å². The number of hydrogen-bond donors (Lipinski definition) is 1. The molecule has 2 aliphatic rings. The Bertz CT molecular complexity index is 776. The van der Waals surface area contributed by atoms with Crippen LogP contribution in [0.2, 0.25) is 0 Å². The molecule has 2 aromatic rings. The highest BCUT2D eigenvalue weighted by molar-refractivity contribution is 9.10. The van der Waals surface area contributed by atoms with Crippen molar-refractivity contribution in [3.63, 3.8) is 0 Å². The third kappa shape index (κ3) is 1.88. The second kappa shape index (κ2) is 4.43. The van der Waals surface area contributed by atoms with Crippen molar-refractivity contribution in [2.24, 2.45) is 0 Å². The van der Waals surface area contributed by atoms with Gasteiger partial charge in [-0.2, -0.15) is 0 Å². The highest BCUT2D eigenvalue weighted by atomic mass is 79.9. The molecule has 4 rings (SSSR count). The van der Waals surface area contributed by atoms with Crippen molar-refractivity contribution in [3.05, 3.63) is 57.6 Å². The van der Waals surface area contributed by atoms with Gasteiger partial charge in [0.25, 0.3) is 11.7 Å². The van der Waals surface area contributed by atoms with Crippen LogP contribution in [0.15, 0.2) is 40.9 Å². The van der Waals surface area contributed by atoms with Crippen LogP contribution in [-0.4, -0.2) is 11.7 Å². The van der Waals surface area contributed by atoms with Gasteiger partial charge in [-0.15, -0.1) is 0 Å². The molecule has 0 saturated heterocycles. The third-order valence-electron chi connectivity index (χ3n) is 3.97. The number of ketones is 1. The van der Waals surface area contributed by atoms with Gasteiger partial charge in [-0.3, -0.25) is 9.59 Å². The third-order valence-corrected chi connectivity index (χ3v) is 4.60. The van der Waals surface area contributed by atoms with Gasteiger partial charge in [-0.05, 0) is 39.2 Å². The van der Waals surface area contributed by atoms with E-state index in [2.05, 4.69) is 38.3 Å². The number of amides is 1. The van der Waals surface area contributed by atoms with E-state index in [0.29, 0.717) is 11.3 Å². The van der Waals surface area contributed by atoms with Gasteiger partial charge < -0.3 is 10.2 Å². The van der Waals surface area contributed by atoms with Gasteiger partial charge in [-0.1, -0.05) is 24.3 Å². The SMILES string of the molecule is O=C1Nc2cc(N3Cc4ccccc4C3)c(Br)cc2C1=O. The summed E-state index contributed by atoms with van der Waals surface area (Å²) in [6.45, 7) is 1.66. The molecule has 0 unspecified atom stereocenters. The summed E-state index contributed by atoms with van der Waals surface area (Å²) in [5.74, 6) is -1.03. The Morgan fingerprint density at radius 2 is 1.71 bits per heavy atom. The minimum absolute atomic E-state index is 0.437. The predicted molar refractivity (Wildman–Crippen MR) is 83.4 cm³/mol. The Hall–Kier alpha value is -2.14. The van der Waals surface area contributed by atoms with E-state index in [1.165, 1.54) is 11.1 Å². The molecule has 0 radical (unpaired) electrons. The van der Waals surface area contributed by atoms with Crippen molar-refractivity contribution in [1.29, 1.82) is 0 Å². The van der Waals surface area contributed by atoms with Crippen LogP contribution in [0.5, 0.6) is 0 Å². The van der Waals surface area contributed by atoms with E-state index < -0.39 is 11.7 Å². The number of Topliss-reactive ketones (excluding diaryl/α,β-unsaturated/α-hetero) is 1. The normalized spacial score (nSPS) is 16.0. The average Bonchev–Trinajstić information content (AvgIpc) is 3.01. The van der Waals surface area contributed by atoms with Crippen LogP contribution in [0.4, 0.5) is 11.4 Å². The zero-order chi connectivity index (χ0) is 14.6. The van der Waals surface area contributed by atoms with Crippen molar-refractivity contribution in [2.45, 2.75) is 13.1 Å². The number of nitrogens with zero attached hydrogens (tertiary/aromatic N) is 1. The predicted octanol–water partition coefficient (Wildman–Crippen LogP) is 3.10. The zero-order valence-corrected chi connectivity index (χ0v) is 12.6. The van der Waals surface area contributed by atoms with E-state index in [4.69, 9.17) is 0 Å². The highest BCUT2D eigenvalue weighted by Gasteiger charge is 2.30. The number of carbonyl (C=O) groups is 2. The standard InChI is InChI=1S/C16H11BrN2O2/c17-12-5-11-13(18-16(21)15(11)20)6-14(12)19-7-9-3-1-2-4-10(9)8-19/h1-6H,7-8H2,(H,18,20,21). The molecule has 4 nitrogen and oxygen atoms in total. The van der Waals surface area contributed by atoms with Gasteiger partial charge >= 0.3 is 0 Å². The Morgan fingerprint density at radius 3 is 2.38 bits per heavy atom. The van der Waals surface area contributed by atoms with Gasteiger partial charge in [0.2, 0.25) is 0 Å². The number of halogens is 1. The number of nitrogens with one attached hydrogen (secondary N) is 1. The largest absolute Gasteiger partial charge is 0.362 e. The lowest BCUT2D eigenvalue weighted by atomic mass is 10.1. The molecule has 0 spiro atoms. The molecule has 2 aromatic carbocycles. The van der Waals surface area contributed by atoms with E-state index in [1.807, 2.05) is 18.2 Å². The lowest BCUT2D eigenvalue weighted by molar-refractivity contribution is -0.112. The maximum absolute atomic E-state index is 11.7. The molecule has 5 heteroatoms. The molecule has 0 saturated carbocycles. The van der Waals surface area contributed by atoms with Crippen molar-refractivity contribution >= 4 is 39.0 Å². The summed E-state index contributed by atoms with van der Waals surface area (Å²) >= 11 is 3.52. The van der Waals surface area contributed by atoms with E-state index in [-0.39, 0.29) is 0 Å². The van der Waals surface area contributed by atoms with Gasteiger partial charge in [0.05, 0.1) is 16.9 Å². The molecule has 104 valence electrons. The lowest BCUT2D eigenvalue weighted by Gasteiger charge is -2.20. The fourth-order valence-corrected chi connectivity index (χ4v) is 3.49. The van der Waals surface area contributed by atoms with Crippen molar-refractivity contribution in [2.75, 3.05) is 10.2 Å². The fourth-order valence-electron chi connectivity index (χ4n) is 2.90. The summed E-state index contributed by atoms with van der Waals surface area (Å²) in [5, 5.41) is 2.62. The van der Waals surface area contributed by atoms with Crippen LogP contribution in [0, 0.1) is 0 Å². The molecular weight excluding hydrogens is 332 g/mol. The number of benzene rings is 2. The molecule has 0 fully saturated rings. The number of fused-ring (bicyclic) bond motifs is 2. The van der Waals surface area contributed by atoms with Crippen molar-refractivity contribution < 1.29 is 9.59 Å². The van der Waals surface area contributed by atoms with Crippen LogP contribution in [-0.2, 0) is 17.9 Å². The maximum Gasteiger partial charge on any atom is 0.296 e. The maximum atomic E-state index is 11.7. The number of anilines is 2. The molecule has 0 bridgehead atoms. The highest BCUT2D eigenvalue weighted by Crippen LogP contribution is 2.38. The fraction of sp³-hybridized carbons (Fsp3) is 0.125. The zero-order valence-electron chi connectivity index (χ0n) is 11.0. The molecule has 2 heterocycles. The van der Waals surface area contributed by atoms with E-state index >= 15 is 0 Å². The Balaban J connectivity index is 1.74. The number of rotatable bonds is 1. The van der Waals surface area contributed by atoms with Crippen LogP contribution in [0.1, 0.15) is 21.5 Å². The topological polar surface area (TPSA) is 49.4 Å². The Kier molecular flexibility index (Phi) is 2.65. The molecule has 0 atom stereocenters. The number of carbonyl (C=O) groups excluding carboxylic acids is 2. The van der Waals surface area contributed by atoms with E-state index in [9.17, 15) is 9.59 Å². The Morgan fingerprint density at radius 1 is 1.05 bits per heavy atom. The van der Waals surface area contributed by atoms with Crippen LogP contribution < -0.4 is 10.2 Å². The summed E-state index contributed by atoms with van der Waals surface area (Å²) in [6, 6.07) is 11.9. The molecule has 0 aliphatic carbocycles. The van der Waals surface area contributed by atoms with Crippen molar-refractivity contribution in [3.8, 4) is 0 Å². The molecule has 1 amide bonds. The first-order valence-corrected chi connectivity index (χ1v) is 7.44. The number of hydrogen-bond acceptors (Lipinski definition) is 3. The molecule has 2 aliphatic heterocycles. The smallest absolute Gasteiger partial charge is 0.296 e. The van der Waals surface area contributed by atoms with Crippen LogP contribution >= 0.6 is 15.9 Å². The first-order chi connectivity index (χ1) is 10.1. The molecular formula is C16H11BrN2O2. The second-order valence-corrected chi connectivity index (χ2v) is 6.11. The van der Waals surface area contributed by atoms with Gasteiger partial charge in [0.15, 0.2) is 0 Å². The summed E-state index contributed by atoms with van der Waals surface area (Å²) in [5.41, 5.74) is 4.64. The second-order valence-electron chi connectivity index (χ2n) is 5.26. The minimum Gasteiger partial charge on any atom is -0.362 e. The molecule has 21 heavy (non-hydrogen) atoms. The van der Waals surface area contributed by atoms with Crippen LogP contribution in [0.3, 0.4) is 0 Å². The summed E-state index contributed by atoms with van der Waals surface area (Å²) in [6.07, 6.45) is 0. The van der Waals surface area contributed by atoms with Gasteiger partial charge in [-0.25, -0.2) is 0 Å². The lowest BCUT2D eigenvalue weighted by Crippen LogP contribution is -2.15. The average molecular weight is 343 g/mol. The first-order valence-electron chi connectivity index (χ1n) is 6.64. The summed E-state index contributed by atoms with van der Waals surface area (Å²) in [7, 11) is 0. The monoisotopic (exact) mass is 342 g/mol. The van der Waals surface area contributed by atoms with Gasteiger partial charge in [0.1, 0.15) is 0 Å². The quantitative estimate of drug-likeness (QED) is 0.810. The first kappa shape index (κ1) is 12.6. The Labute approximate surface area is 129 Å².